The average Bonchev–Trinajstić information content (AvgIpc) is 3.01. The topological polar surface area (TPSA) is 27.6 Å². The van der Waals surface area contributed by atoms with Gasteiger partial charge in [-0.15, -0.1) is 0 Å². The van der Waals surface area contributed by atoms with Crippen molar-refractivity contribution in [1.82, 2.24) is 10.2 Å². The molecule has 138 valence electrons. The van der Waals surface area contributed by atoms with Crippen LogP contribution in [0.3, 0.4) is 0 Å². The van der Waals surface area contributed by atoms with E-state index in [-0.39, 0.29) is 5.54 Å². The van der Waals surface area contributed by atoms with E-state index in [9.17, 15) is 0 Å². The van der Waals surface area contributed by atoms with Gasteiger partial charge in [0.2, 0.25) is 0 Å². The van der Waals surface area contributed by atoms with Crippen LogP contribution in [-0.4, -0.2) is 41.4 Å². The van der Waals surface area contributed by atoms with Gasteiger partial charge in [-0.1, -0.05) is 51.4 Å². The molecule has 2 aliphatic carbocycles. The Morgan fingerprint density at radius 3 is 1.71 bits per heavy atom. The molecule has 0 aromatic carbocycles. The average molecular weight is 334 g/mol. The van der Waals surface area contributed by atoms with Crippen molar-refractivity contribution in [3.8, 4) is 0 Å². The molecule has 0 unspecified atom stereocenters. The number of aliphatic imine (C=N–C) groups is 1. The van der Waals surface area contributed by atoms with Crippen molar-refractivity contribution in [2.45, 2.75) is 115 Å². The zero-order chi connectivity index (χ0) is 16.8. The minimum Gasteiger partial charge on any atom is -0.372 e. The van der Waals surface area contributed by atoms with Gasteiger partial charge >= 0.3 is 0 Å². The zero-order valence-electron chi connectivity index (χ0n) is 16.2. The third-order valence-electron chi connectivity index (χ3n) is 6.56. The molecular formula is C21H39N3. The van der Waals surface area contributed by atoms with E-state index >= 15 is 0 Å². The normalized spacial score (nSPS) is 25.7. The third kappa shape index (κ3) is 4.33. The van der Waals surface area contributed by atoms with Crippen LogP contribution in [0.5, 0.6) is 0 Å². The Morgan fingerprint density at radius 1 is 0.792 bits per heavy atom. The summed E-state index contributed by atoms with van der Waals surface area (Å²) >= 11 is 0. The molecule has 0 radical (unpaired) electrons. The maximum Gasteiger partial charge on any atom is 0.116 e. The second-order valence-corrected chi connectivity index (χ2v) is 8.77. The molecule has 0 aromatic heterocycles. The van der Waals surface area contributed by atoms with Gasteiger partial charge in [-0.25, -0.2) is 0 Å². The van der Waals surface area contributed by atoms with Crippen LogP contribution < -0.4 is 5.32 Å². The fourth-order valence-electron chi connectivity index (χ4n) is 5.35. The Morgan fingerprint density at radius 2 is 1.29 bits per heavy atom. The minimum absolute atomic E-state index is 0.0600. The van der Waals surface area contributed by atoms with Crippen LogP contribution >= 0.6 is 0 Å². The number of nitrogens with zero attached hydrogens (tertiary/aromatic N) is 2. The SMILES string of the molecule is CC(C)(C1=NCCCN1)N(C1CCCCCC1)C1CCCCCC1. The van der Waals surface area contributed by atoms with E-state index in [1.165, 1.54) is 89.3 Å². The van der Waals surface area contributed by atoms with Gasteiger partial charge in [0.25, 0.3) is 0 Å². The van der Waals surface area contributed by atoms with Gasteiger partial charge in [-0.05, 0) is 46.0 Å². The summed E-state index contributed by atoms with van der Waals surface area (Å²) in [7, 11) is 0. The van der Waals surface area contributed by atoms with Crippen LogP contribution in [0.4, 0.5) is 0 Å². The number of hydrogen-bond donors (Lipinski definition) is 1. The maximum atomic E-state index is 4.92. The van der Waals surface area contributed by atoms with E-state index in [4.69, 9.17) is 4.99 Å². The highest BCUT2D eigenvalue weighted by Crippen LogP contribution is 2.35. The molecule has 0 spiro atoms. The predicted molar refractivity (Wildman–Crippen MR) is 104 cm³/mol. The van der Waals surface area contributed by atoms with Crippen molar-refractivity contribution in [3.05, 3.63) is 0 Å². The van der Waals surface area contributed by atoms with Crippen molar-refractivity contribution in [2.75, 3.05) is 13.1 Å². The van der Waals surface area contributed by atoms with E-state index < -0.39 is 0 Å². The zero-order valence-corrected chi connectivity index (χ0v) is 16.2. The number of amidine groups is 1. The molecule has 0 atom stereocenters. The second-order valence-electron chi connectivity index (χ2n) is 8.77. The van der Waals surface area contributed by atoms with Crippen LogP contribution in [-0.2, 0) is 0 Å². The van der Waals surface area contributed by atoms with Crippen LogP contribution in [0.2, 0.25) is 0 Å². The lowest BCUT2D eigenvalue weighted by Crippen LogP contribution is -2.62. The van der Waals surface area contributed by atoms with Crippen molar-refractivity contribution in [2.24, 2.45) is 4.99 Å². The summed E-state index contributed by atoms with van der Waals surface area (Å²) in [6, 6.07) is 1.52. The molecule has 3 aliphatic rings. The van der Waals surface area contributed by atoms with Crippen LogP contribution in [0.25, 0.3) is 0 Å². The maximum absolute atomic E-state index is 4.92. The highest BCUT2D eigenvalue weighted by molar-refractivity contribution is 5.91. The Kier molecular flexibility index (Phi) is 6.60. The standard InChI is InChI=1S/C21H39N3/c1-21(2,20-22-16-11-17-23-20)24(18-12-7-3-4-8-13-18)19-14-9-5-6-10-15-19/h18-19H,3-17H2,1-2H3,(H,22,23). The number of nitrogens with one attached hydrogen (secondary N) is 1. The second kappa shape index (κ2) is 8.69. The van der Waals surface area contributed by atoms with E-state index in [1.807, 2.05) is 0 Å². The van der Waals surface area contributed by atoms with E-state index in [1.54, 1.807) is 0 Å². The largest absolute Gasteiger partial charge is 0.372 e. The molecule has 24 heavy (non-hydrogen) atoms. The molecule has 3 nitrogen and oxygen atoms in total. The Labute approximate surface area is 149 Å². The van der Waals surface area contributed by atoms with Gasteiger partial charge in [0, 0.05) is 25.2 Å². The quantitative estimate of drug-likeness (QED) is 0.741. The molecule has 2 fully saturated rings. The van der Waals surface area contributed by atoms with Crippen molar-refractivity contribution < 1.29 is 0 Å². The molecular weight excluding hydrogens is 294 g/mol. The molecule has 0 saturated heterocycles. The first-order chi connectivity index (χ1) is 11.7. The summed E-state index contributed by atoms with van der Waals surface area (Å²) in [5.41, 5.74) is 0.0600. The van der Waals surface area contributed by atoms with Gasteiger partial charge in [-0.3, -0.25) is 9.89 Å². The fourth-order valence-corrected chi connectivity index (χ4v) is 5.35. The van der Waals surface area contributed by atoms with Gasteiger partial charge in [0.15, 0.2) is 0 Å². The minimum atomic E-state index is 0.0600. The third-order valence-corrected chi connectivity index (χ3v) is 6.56. The fraction of sp³-hybridized carbons (Fsp3) is 0.952. The molecule has 3 heteroatoms. The summed E-state index contributed by atoms with van der Waals surface area (Å²) < 4.78 is 0. The van der Waals surface area contributed by atoms with Gasteiger partial charge in [-0.2, -0.15) is 0 Å². The summed E-state index contributed by atoms with van der Waals surface area (Å²) in [5, 5.41) is 3.66. The van der Waals surface area contributed by atoms with Crippen molar-refractivity contribution >= 4 is 5.84 Å². The van der Waals surface area contributed by atoms with Crippen molar-refractivity contribution in [3.63, 3.8) is 0 Å². The lowest BCUT2D eigenvalue weighted by atomic mass is 9.89. The van der Waals surface area contributed by atoms with Crippen LogP contribution in [0, 0.1) is 0 Å². The highest BCUT2D eigenvalue weighted by Gasteiger charge is 2.41. The first-order valence-corrected chi connectivity index (χ1v) is 10.8. The molecule has 1 heterocycles. The summed E-state index contributed by atoms with van der Waals surface area (Å²) in [5.74, 6) is 1.27. The van der Waals surface area contributed by atoms with Gasteiger partial charge < -0.3 is 5.32 Å². The predicted octanol–water partition coefficient (Wildman–Crippen LogP) is 4.90. The molecule has 1 N–H and O–H groups in total. The summed E-state index contributed by atoms with van der Waals surface area (Å²) in [4.78, 5) is 7.87. The monoisotopic (exact) mass is 333 g/mol. The van der Waals surface area contributed by atoms with E-state index in [0.717, 1.165) is 25.2 Å². The lowest BCUT2D eigenvalue weighted by molar-refractivity contribution is 0.0434. The molecule has 1 aliphatic heterocycles. The van der Waals surface area contributed by atoms with Gasteiger partial charge in [0.1, 0.15) is 5.84 Å². The Hall–Kier alpha value is -0.570. The van der Waals surface area contributed by atoms with Crippen LogP contribution in [0.15, 0.2) is 4.99 Å². The van der Waals surface area contributed by atoms with Gasteiger partial charge in [0.05, 0.1) is 5.54 Å². The summed E-state index contributed by atoms with van der Waals surface area (Å²) in [6.45, 7) is 7.00. The van der Waals surface area contributed by atoms with E-state index in [2.05, 4.69) is 24.1 Å². The summed E-state index contributed by atoms with van der Waals surface area (Å²) in [6.07, 6.45) is 18.2. The molecule has 2 saturated carbocycles. The lowest BCUT2D eigenvalue weighted by Gasteiger charge is -2.49. The number of rotatable bonds is 4. The smallest absolute Gasteiger partial charge is 0.116 e. The first-order valence-electron chi connectivity index (χ1n) is 10.8. The molecule has 0 aromatic rings. The molecule has 0 bridgehead atoms. The first kappa shape index (κ1) is 18.2. The van der Waals surface area contributed by atoms with E-state index in [0.29, 0.717) is 0 Å². The Bertz CT molecular complexity index is 379. The van der Waals surface area contributed by atoms with Crippen molar-refractivity contribution in [1.29, 1.82) is 0 Å². The van der Waals surface area contributed by atoms with Crippen LogP contribution in [0.1, 0.15) is 97.3 Å². The highest BCUT2D eigenvalue weighted by atomic mass is 15.3. The number of hydrogen-bond acceptors (Lipinski definition) is 3. The molecule has 3 rings (SSSR count). The molecule has 0 amide bonds. The Balaban J connectivity index is 1.85.